The minimum Gasteiger partial charge on any atom is -0.393 e. The average Bonchev–Trinajstić information content (AvgIpc) is 3.64. The second kappa shape index (κ2) is 13.6. The molecule has 0 spiro atoms. The highest BCUT2D eigenvalue weighted by Crippen LogP contribution is 2.32. The van der Waals surface area contributed by atoms with Crippen LogP contribution in [0.1, 0.15) is 60.2 Å². The molecule has 5 rings (SSSR count). The number of nitrogens with one attached hydrogen (secondary N) is 3. The number of hydrogen-bond acceptors (Lipinski definition) is 6. The van der Waals surface area contributed by atoms with E-state index in [0.29, 0.717) is 30.7 Å². The van der Waals surface area contributed by atoms with Crippen LogP contribution >= 0.6 is 11.3 Å². The molecule has 41 heavy (non-hydrogen) atoms. The summed E-state index contributed by atoms with van der Waals surface area (Å²) in [6.07, 6.45) is 5.29. The van der Waals surface area contributed by atoms with Crippen molar-refractivity contribution in [3.63, 3.8) is 0 Å². The van der Waals surface area contributed by atoms with Crippen molar-refractivity contribution in [2.45, 2.75) is 69.1 Å². The van der Waals surface area contributed by atoms with Gasteiger partial charge in [-0.2, -0.15) is 0 Å². The lowest BCUT2D eigenvalue weighted by molar-refractivity contribution is -0.132. The summed E-state index contributed by atoms with van der Waals surface area (Å²) in [6.45, 7) is 3.11. The Morgan fingerprint density at radius 3 is 2.44 bits per heavy atom. The molecule has 2 aromatic carbocycles. The molecule has 1 aliphatic carbocycles. The van der Waals surface area contributed by atoms with Crippen molar-refractivity contribution in [1.29, 1.82) is 0 Å². The number of aliphatic hydroxyl groups excluding tert-OH is 1. The number of thiophene rings is 1. The van der Waals surface area contributed by atoms with E-state index in [1.54, 1.807) is 0 Å². The number of hydrogen-bond donors (Lipinski definition) is 4. The highest BCUT2D eigenvalue weighted by molar-refractivity contribution is 7.20. The van der Waals surface area contributed by atoms with Gasteiger partial charge in [0.05, 0.1) is 11.0 Å². The van der Waals surface area contributed by atoms with Gasteiger partial charge in [-0.15, -0.1) is 11.3 Å². The summed E-state index contributed by atoms with van der Waals surface area (Å²) >= 11 is 1.42. The van der Waals surface area contributed by atoms with Gasteiger partial charge in [-0.3, -0.25) is 14.4 Å². The van der Waals surface area contributed by atoms with E-state index in [-0.39, 0.29) is 23.8 Å². The second-order valence-corrected chi connectivity index (χ2v) is 12.4. The predicted octanol–water partition coefficient (Wildman–Crippen LogP) is 3.63. The number of piperidine rings is 1. The van der Waals surface area contributed by atoms with E-state index < -0.39 is 11.6 Å². The maximum Gasteiger partial charge on any atom is 0.262 e. The Morgan fingerprint density at radius 1 is 1.00 bits per heavy atom. The first kappa shape index (κ1) is 29.2. The number of carbonyl (C=O) groups is 3. The van der Waals surface area contributed by atoms with E-state index >= 15 is 0 Å². The van der Waals surface area contributed by atoms with Crippen LogP contribution in [0.3, 0.4) is 0 Å². The van der Waals surface area contributed by atoms with E-state index in [1.807, 2.05) is 60.7 Å². The molecule has 2 heterocycles. The van der Waals surface area contributed by atoms with E-state index in [0.717, 1.165) is 67.4 Å². The topological polar surface area (TPSA) is 111 Å². The Balaban J connectivity index is 1.23. The molecule has 1 aromatic heterocycles. The largest absolute Gasteiger partial charge is 0.393 e. The molecule has 1 atom stereocenters. The normalized spacial score (nSPS) is 18.2. The Labute approximate surface area is 245 Å². The van der Waals surface area contributed by atoms with Gasteiger partial charge in [-0.25, -0.2) is 0 Å². The molecule has 1 saturated carbocycles. The molecule has 0 radical (unpaired) electrons. The van der Waals surface area contributed by atoms with Gasteiger partial charge in [0.2, 0.25) is 11.8 Å². The molecule has 4 N–H and O–H groups in total. The molecular formula is C32H40N4O4S. The third kappa shape index (κ3) is 7.52. The molecule has 2 aliphatic rings. The minimum absolute atomic E-state index is 0.203. The fraction of sp³-hybridized carbons (Fsp3) is 0.469. The molecular weight excluding hydrogens is 536 g/mol. The smallest absolute Gasteiger partial charge is 0.262 e. The SMILES string of the molecule is O=C(NC1(C(=O)N[C@H](Cc2ccccc2)C(=O)NCCCN2CCC(O)CC2)CCCC1)c1cc2ccccc2s1. The maximum absolute atomic E-state index is 13.8. The highest BCUT2D eigenvalue weighted by Gasteiger charge is 2.44. The van der Waals surface area contributed by atoms with Crippen LogP contribution in [0.25, 0.3) is 10.1 Å². The molecule has 0 bridgehead atoms. The van der Waals surface area contributed by atoms with Gasteiger partial charge >= 0.3 is 0 Å². The Kier molecular flexibility index (Phi) is 9.69. The number of amides is 3. The number of rotatable bonds is 11. The van der Waals surface area contributed by atoms with E-state index in [9.17, 15) is 19.5 Å². The van der Waals surface area contributed by atoms with E-state index in [1.165, 1.54) is 11.3 Å². The van der Waals surface area contributed by atoms with Crippen molar-refractivity contribution in [1.82, 2.24) is 20.9 Å². The molecule has 1 saturated heterocycles. The van der Waals surface area contributed by atoms with Crippen LogP contribution in [-0.4, -0.2) is 71.6 Å². The van der Waals surface area contributed by atoms with Crippen molar-refractivity contribution in [3.05, 3.63) is 71.1 Å². The molecule has 1 aliphatic heterocycles. The third-order valence-corrected chi connectivity index (χ3v) is 9.42. The van der Waals surface area contributed by atoms with Gasteiger partial charge in [-0.05, 0) is 61.7 Å². The first-order chi connectivity index (χ1) is 19.9. The summed E-state index contributed by atoms with van der Waals surface area (Å²) in [5.74, 6) is -0.773. The number of aliphatic hydroxyl groups is 1. The van der Waals surface area contributed by atoms with Crippen LogP contribution in [0.2, 0.25) is 0 Å². The summed E-state index contributed by atoms with van der Waals surface area (Å²) in [7, 11) is 0. The van der Waals surface area contributed by atoms with Crippen LogP contribution in [0.15, 0.2) is 60.7 Å². The summed E-state index contributed by atoms with van der Waals surface area (Å²) in [6, 6.07) is 18.6. The number of benzene rings is 2. The summed E-state index contributed by atoms with van der Waals surface area (Å²) in [5, 5.41) is 19.8. The van der Waals surface area contributed by atoms with Crippen LogP contribution in [0, 0.1) is 0 Å². The fourth-order valence-corrected chi connectivity index (χ4v) is 6.85. The molecule has 2 fully saturated rings. The molecule has 218 valence electrons. The number of carbonyl (C=O) groups excluding carboxylic acids is 3. The zero-order valence-electron chi connectivity index (χ0n) is 23.4. The monoisotopic (exact) mass is 576 g/mol. The maximum atomic E-state index is 13.8. The first-order valence-corrected chi connectivity index (χ1v) is 15.6. The van der Waals surface area contributed by atoms with Crippen molar-refractivity contribution in [3.8, 4) is 0 Å². The van der Waals surface area contributed by atoms with Gasteiger partial charge in [-0.1, -0.05) is 61.4 Å². The summed E-state index contributed by atoms with van der Waals surface area (Å²) in [5.41, 5.74) is -0.0870. The van der Waals surface area contributed by atoms with Crippen LogP contribution in [0.4, 0.5) is 0 Å². The van der Waals surface area contributed by atoms with Gasteiger partial charge in [0.1, 0.15) is 11.6 Å². The van der Waals surface area contributed by atoms with Crippen molar-refractivity contribution >= 4 is 39.1 Å². The number of nitrogens with zero attached hydrogens (tertiary/aromatic N) is 1. The molecule has 3 aromatic rings. The number of likely N-dealkylation sites (tertiary alicyclic amines) is 1. The van der Waals surface area contributed by atoms with Crippen LogP contribution in [0.5, 0.6) is 0 Å². The van der Waals surface area contributed by atoms with Gasteiger partial charge in [0.25, 0.3) is 5.91 Å². The zero-order chi connectivity index (χ0) is 28.7. The van der Waals surface area contributed by atoms with Crippen molar-refractivity contribution < 1.29 is 19.5 Å². The molecule has 8 nitrogen and oxygen atoms in total. The molecule has 9 heteroatoms. The lowest BCUT2D eigenvalue weighted by atomic mass is 9.94. The predicted molar refractivity (Wildman–Crippen MR) is 162 cm³/mol. The molecule has 3 amide bonds. The lowest BCUT2D eigenvalue weighted by Crippen LogP contribution is -2.61. The lowest BCUT2D eigenvalue weighted by Gasteiger charge is -2.31. The van der Waals surface area contributed by atoms with Crippen LogP contribution < -0.4 is 16.0 Å². The Hall–Kier alpha value is -3.27. The van der Waals surface area contributed by atoms with E-state index in [4.69, 9.17) is 0 Å². The summed E-state index contributed by atoms with van der Waals surface area (Å²) in [4.78, 5) is 43.4. The first-order valence-electron chi connectivity index (χ1n) is 14.8. The number of fused-ring (bicyclic) bond motifs is 1. The Bertz CT molecular complexity index is 1300. The van der Waals surface area contributed by atoms with Gasteiger partial charge < -0.3 is 26.0 Å². The fourth-order valence-electron chi connectivity index (χ4n) is 5.90. The van der Waals surface area contributed by atoms with Gasteiger partial charge in [0, 0.05) is 30.8 Å². The second-order valence-electron chi connectivity index (χ2n) is 11.3. The van der Waals surface area contributed by atoms with Gasteiger partial charge in [0.15, 0.2) is 0 Å². The van der Waals surface area contributed by atoms with Crippen molar-refractivity contribution in [2.24, 2.45) is 0 Å². The quantitative estimate of drug-likeness (QED) is 0.261. The standard InChI is InChI=1S/C32H40N4O4S/c37-25-13-19-36(20-14-25)18-8-17-33-29(38)26(21-23-9-2-1-3-10-23)34-31(40)32(15-6-7-16-32)35-30(39)28-22-24-11-4-5-12-27(24)41-28/h1-5,9-12,22,25-26,37H,6-8,13-21H2,(H,33,38)(H,34,40)(H,35,39)/t26-/m1/s1. The average molecular weight is 577 g/mol. The third-order valence-electron chi connectivity index (χ3n) is 8.31. The van der Waals surface area contributed by atoms with Crippen LogP contribution in [-0.2, 0) is 16.0 Å². The van der Waals surface area contributed by atoms with Crippen molar-refractivity contribution in [2.75, 3.05) is 26.2 Å². The van der Waals surface area contributed by atoms with E-state index in [2.05, 4.69) is 20.9 Å². The minimum atomic E-state index is -1.04. The zero-order valence-corrected chi connectivity index (χ0v) is 24.3. The Morgan fingerprint density at radius 2 is 1.71 bits per heavy atom. The summed E-state index contributed by atoms with van der Waals surface area (Å²) < 4.78 is 1.03. The highest BCUT2D eigenvalue weighted by atomic mass is 32.1. The molecule has 0 unspecified atom stereocenters.